The fraction of sp³-hybridized carbons (Fsp3) is 0.357. The number of carbonyl (C=O) groups excluding carboxylic acids is 1. The first kappa shape index (κ1) is 12.3. The summed E-state index contributed by atoms with van der Waals surface area (Å²) in [5.41, 5.74) is 2.14. The van der Waals surface area contributed by atoms with Crippen LogP contribution in [0.4, 0.5) is 5.69 Å². The first-order valence-electron chi connectivity index (χ1n) is 6.70. The fourth-order valence-corrected chi connectivity index (χ4v) is 4.16. The summed E-state index contributed by atoms with van der Waals surface area (Å²) in [6, 6.07) is 6.90. The van der Waals surface area contributed by atoms with Crippen LogP contribution in [-0.4, -0.2) is 27.7 Å². The van der Waals surface area contributed by atoms with Crippen molar-refractivity contribution < 1.29 is 4.79 Å². The second kappa shape index (κ2) is 4.86. The Balaban J connectivity index is 1.65. The number of aromatic nitrogens is 1. The zero-order valence-corrected chi connectivity index (χ0v) is 12.4. The Morgan fingerprint density at radius 2 is 2.20 bits per heavy atom. The van der Waals surface area contributed by atoms with Gasteiger partial charge in [0.05, 0.1) is 16.0 Å². The van der Waals surface area contributed by atoms with E-state index in [-0.39, 0.29) is 5.91 Å². The van der Waals surface area contributed by atoms with E-state index in [1.165, 1.54) is 31.0 Å². The molecule has 0 saturated heterocycles. The number of rotatable bonds is 3. The van der Waals surface area contributed by atoms with Gasteiger partial charge < -0.3 is 5.32 Å². The molecule has 4 nitrogen and oxygen atoms in total. The van der Waals surface area contributed by atoms with Gasteiger partial charge in [-0.2, -0.15) is 0 Å². The number of amides is 1. The highest BCUT2D eigenvalue weighted by Crippen LogP contribution is 2.31. The number of thiazole rings is 1. The zero-order valence-electron chi connectivity index (χ0n) is 10.8. The van der Waals surface area contributed by atoms with Gasteiger partial charge in [0.1, 0.15) is 10.1 Å². The van der Waals surface area contributed by atoms with Gasteiger partial charge in [0, 0.05) is 11.7 Å². The topological polar surface area (TPSA) is 54.4 Å². The van der Waals surface area contributed by atoms with Gasteiger partial charge in [-0.3, -0.25) is 4.79 Å². The number of thioether (sulfide) groups is 1. The summed E-state index contributed by atoms with van der Waals surface area (Å²) in [4.78, 5) is 19.8. The Morgan fingerprint density at radius 3 is 2.90 bits per heavy atom. The lowest BCUT2D eigenvalue weighted by molar-refractivity contribution is -0.115. The van der Waals surface area contributed by atoms with Crippen molar-refractivity contribution in [2.75, 3.05) is 11.1 Å². The number of aliphatic imine (C=N–C) groups is 1. The molecule has 1 aromatic heterocycles. The minimum atomic E-state index is -0.0587. The van der Waals surface area contributed by atoms with Crippen LogP contribution in [0.2, 0.25) is 0 Å². The van der Waals surface area contributed by atoms with Crippen molar-refractivity contribution in [1.29, 1.82) is 0 Å². The van der Waals surface area contributed by atoms with Crippen molar-refractivity contribution in [1.82, 2.24) is 4.98 Å². The van der Waals surface area contributed by atoms with Gasteiger partial charge in [-0.25, -0.2) is 9.98 Å². The molecule has 0 atom stereocenters. The standard InChI is InChI=1S/C14H13N3OS2/c18-12-7-19-13(17-12)14-16-10-5-4-9(6-11(10)20-14)15-8-2-1-3-8/h4-6,8,15H,1-3,7H2. The lowest BCUT2D eigenvalue weighted by Crippen LogP contribution is -2.26. The molecular weight excluding hydrogens is 290 g/mol. The Labute approximate surface area is 124 Å². The quantitative estimate of drug-likeness (QED) is 0.945. The molecule has 0 unspecified atom stereocenters. The third-order valence-corrected chi connectivity index (χ3v) is 5.71. The molecule has 2 heterocycles. The minimum Gasteiger partial charge on any atom is -0.382 e. The molecule has 2 aliphatic rings. The van der Waals surface area contributed by atoms with E-state index < -0.39 is 0 Å². The number of nitrogens with one attached hydrogen (secondary N) is 1. The van der Waals surface area contributed by atoms with Crippen molar-refractivity contribution in [3.8, 4) is 0 Å². The number of hydrogen-bond acceptors (Lipinski definition) is 5. The van der Waals surface area contributed by atoms with E-state index in [4.69, 9.17) is 0 Å². The lowest BCUT2D eigenvalue weighted by atomic mass is 9.93. The predicted molar refractivity (Wildman–Crippen MR) is 84.9 cm³/mol. The highest BCUT2D eigenvalue weighted by molar-refractivity contribution is 8.15. The maximum Gasteiger partial charge on any atom is 0.257 e. The molecule has 0 spiro atoms. The van der Waals surface area contributed by atoms with E-state index in [2.05, 4.69) is 27.4 Å². The molecule has 1 saturated carbocycles. The van der Waals surface area contributed by atoms with Crippen LogP contribution in [0.5, 0.6) is 0 Å². The first-order valence-corrected chi connectivity index (χ1v) is 8.50. The summed E-state index contributed by atoms with van der Waals surface area (Å²) in [5, 5.41) is 5.17. The third kappa shape index (κ3) is 2.23. The van der Waals surface area contributed by atoms with E-state index in [1.807, 2.05) is 6.07 Å². The van der Waals surface area contributed by atoms with Gasteiger partial charge in [-0.05, 0) is 37.5 Å². The van der Waals surface area contributed by atoms with Crippen LogP contribution < -0.4 is 5.32 Å². The smallest absolute Gasteiger partial charge is 0.257 e. The van der Waals surface area contributed by atoms with Crippen LogP contribution in [-0.2, 0) is 4.79 Å². The molecule has 6 heteroatoms. The van der Waals surface area contributed by atoms with Gasteiger partial charge in [0.2, 0.25) is 0 Å². The summed E-state index contributed by atoms with van der Waals surface area (Å²) >= 11 is 3.09. The Kier molecular flexibility index (Phi) is 3.00. The number of nitrogens with zero attached hydrogens (tertiary/aromatic N) is 2. The average molecular weight is 303 g/mol. The highest BCUT2D eigenvalue weighted by atomic mass is 32.2. The SMILES string of the molecule is O=C1CSC(c2nc3ccc(NC4CCC4)cc3s2)=N1. The molecule has 1 amide bonds. The molecule has 20 heavy (non-hydrogen) atoms. The van der Waals surface area contributed by atoms with Crippen LogP contribution >= 0.6 is 23.1 Å². The van der Waals surface area contributed by atoms with Gasteiger partial charge in [-0.1, -0.05) is 11.8 Å². The molecule has 1 N–H and O–H groups in total. The monoisotopic (exact) mass is 303 g/mol. The van der Waals surface area contributed by atoms with Crippen LogP contribution in [0.15, 0.2) is 23.2 Å². The van der Waals surface area contributed by atoms with Gasteiger partial charge in [-0.15, -0.1) is 11.3 Å². The third-order valence-electron chi connectivity index (χ3n) is 3.61. The first-order chi connectivity index (χ1) is 9.78. The summed E-state index contributed by atoms with van der Waals surface area (Å²) in [6.45, 7) is 0. The van der Waals surface area contributed by atoms with E-state index in [9.17, 15) is 4.79 Å². The summed E-state index contributed by atoms with van der Waals surface area (Å²) < 4.78 is 1.15. The largest absolute Gasteiger partial charge is 0.382 e. The molecule has 0 bridgehead atoms. The van der Waals surface area contributed by atoms with Gasteiger partial charge in [0.15, 0.2) is 0 Å². The Hall–Kier alpha value is -1.40. The lowest BCUT2D eigenvalue weighted by Gasteiger charge is -2.27. The number of fused-ring (bicyclic) bond motifs is 1. The maximum absolute atomic E-state index is 11.2. The molecule has 1 aliphatic heterocycles. The molecule has 1 aromatic carbocycles. The van der Waals surface area contributed by atoms with E-state index in [0.29, 0.717) is 11.8 Å². The van der Waals surface area contributed by atoms with Crippen molar-refractivity contribution in [2.45, 2.75) is 25.3 Å². The number of benzene rings is 1. The van der Waals surface area contributed by atoms with Crippen molar-refractivity contribution in [3.05, 3.63) is 23.2 Å². The van der Waals surface area contributed by atoms with Gasteiger partial charge >= 0.3 is 0 Å². The maximum atomic E-state index is 11.2. The van der Waals surface area contributed by atoms with Crippen molar-refractivity contribution >= 4 is 50.0 Å². The van der Waals surface area contributed by atoms with Crippen LogP contribution in [0.25, 0.3) is 10.2 Å². The number of carbonyl (C=O) groups is 1. The molecule has 2 aromatic rings. The molecule has 0 radical (unpaired) electrons. The van der Waals surface area contributed by atoms with Crippen molar-refractivity contribution in [3.63, 3.8) is 0 Å². The summed E-state index contributed by atoms with van der Waals surface area (Å²) in [6.07, 6.45) is 3.86. The molecule has 1 aliphatic carbocycles. The summed E-state index contributed by atoms with van der Waals surface area (Å²) in [7, 11) is 0. The Morgan fingerprint density at radius 1 is 1.30 bits per heavy atom. The molecule has 102 valence electrons. The fourth-order valence-electron chi connectivity index (χ4n) is 2.31. The second-order valence-corrected chi connectivity index (χ2v) is 7.07. The average Bonchev–Trinajstić information content (AvgIpc) is 2.99. The highest BCUT2D eigenvalue weighted by Gasteiger charge is 2.20. The number of hydrogen-bond donors (Lipinski definition) is 1. The van der Waals surface area contributed by atoms with Crippen LogP contribution in [0.3, 0.4) is 0 Å². The number of anilines is 1. The van der Waals surface area contributed by atoms with Crippen LogP contribution in [0, 0.1) is 0 Å². The van der Waals surface area contributed by atoms with E-state index in [0.717, 1.165) is 26.0 Å². The van der Waals surface area contributed by atoms with Gasteiger partial charge in [0.25, 0.3) is 5.91 Å². The normalized spacial score (nSPS) is 19.2. The Bertz CT molecular complexity index is 718. The molecule has 4 rings (SSSR count). The molecular formula is C14H13N3OS2. The second-order valence-electron chi connectivity index (χ2n) is 5.07. The molecule has 1 fully saturated rings. The van der Waals surface area contributed by atoms with Crippen molar-refractivity contribution in [2.24, 2.45) is 4.99 Å². The minimum absolute atomic E-state index is 0.0587. The van der Waals surface area contributed by atoms with Crippen LogP contribution in [0.1, 0.15) is 24.3 Å². The summed E-state index contributed by atoms with van der Waals surface area (Å²) in [5.74, 6) is 0.385. The van der Waals surface area contributed by atoms with E-state index in [1.54, 1.807) is 11.3 Å². The predicted octanol–water partition coefficient (Wildman–Crippen LogP) is 3.28. The zero-order chi connectivity index (χ0) is 13.5. The van der Waals surface area contributed by atoms with E-state index >= 15 is 0 Å².